The van der Waals surface area contributed by atoms with Crippen molar-refractivity contribution in [3.8, 4) is 0 Å². The van der Waals surface area contributed by atoms with Crippen LogP contribution in [0.3, 0.4) is 0 Å². The molecular weight excluding hydrogens is 464 g/mol. The van der Waals surface area contributed by atoms with Gasteiger partial charge < -0.3 is 20.3 Å². The number of hydrogen-bond acceptors (Lipinski definition) is 7. The van der Waals surface area contributed by atoms with Crippen molar-refractivity contribution in [3.63, 3.8) is 0 Å². The van der Waals surface area contributed by atoms with Gasteiger partial charge in [0.15, 0.2) is 0 Å². The lowest BCUT2D eigenvalue weighted by atomic mass is 9.72. The van der Waals surface area contributed by atoms with Gasteiger partial charge in [0, 0.05) is 17.7 Å². The van der Waals surface area contributed by atoms with Crippen LogP contribution in [0.15, 0.2) is 10.9 Å². The van der Waals surface area contributed by atoms with Crippen LogP contribution in [0.2, 0.25) is 0 Å². The normalized spacial score (nSPS) is 37.9. The molecule has 0 aliphatic carbocycles. The van der Waals surface area contributed by atoms with Crippen molar-refractivity contribution in [2.75, 3.05) is 0 Å². The average Bonchev–Trinajstić information content (AvgIpc) is 3.31. The molecule has 2 aliphatic rings. The van der Waals surface area contributed by atoms with Gasteiger partial charge in [0.2, 0.25) is 5.91 Å². The van der Waals surface area contributed by atoms with Gasteiger partial charge in [-0.3, -0.25) is 9.59 Å². The zero-order valence-electron chi connectivity index (χ0n) is 23.1. The Hall–Kier alpha value is -1.61. The molecule has 1 aromatic heterocycles. The maximum Gasteiger partial charge on any atom is 0.223 e. The molecule has 0 radical (unpaired) electrons. The Labute approximate surface area is 214 Å². The van der Waals surface area contributed by atoms with Gasteiger partial charge >= 0.3 is 0 Å². The zero-order valence-corrected chi connectivity index (χ0v) is 22.9. The number of aliphatic hydroxyl groups excluding tert-OH is 2. The molecule has 3 heterocycles. The number of hydrogen-bond donors (Lipinski definition) is 3. The lowest BCUT2D eigenvalue weighted by Gasteiger charge is -2.34. The van der Waals surface area contributed by atoms with Crippen molar-refractivity contribution in [1.29, 1.82) is 0 Å². The maximum atomic E-state index is 13.2. The lowest BCUT2D eigenvalue weighted by Crippen LogP contribution is -2.47. The summed E-state index contributed by atoms with van der Waals surface area (Å²) in [6.07, 6.45) is 2.56. The van der Waals surface area contributed by atoms with E-state index in [0.717, 1.165) is 29.8 Å². The minimum Gasteiger partial charge on any atom is -0.392 e. The van der Waals surface area contributed by atoms with Crippen LogP contribution in [0, 0.1) is 24.2 Å². The van der Waals surface area contributed by atoms with Crippen molar-refractivity contribution in [3.05, 3.63) is 21.6 Å². The number of aryl methyl sites for hydroxylation is 1. The highest BCUT2D eigenvalue weighted by molar-refractivity contribution is 7.09. The number of nitrogens with zero attached hydrogens (tertiary/aromatic N) is 1. The monoisotopic (exact) mass is 507 g/mol. The van der Waals surface area contributed by atoms with Crippen molar-refractivity contribution >= 4 is 29.1 Å². The quantitative estimate of drug-likeness (QED) is 0.521. The summed E-state index contributed by atoms with van der Waals surface area (Å²) in [4.78, 5) is 30.7. The average molecular weight is 508 g/mol. The number of Topliss-reactive ketones (excluding diaryl/α,β-unsaturated/α-hetero) is 1. The van der Waals surface area contributed by atoms with E-state index >= 15 is 0 Å². The second kappa shape index (κ2) is 10.8. The van der Waals surface area contributed by atoms with Gasteiger partial charge in [0.1, 0.15) is 5.78 Å². The minimum absolute atomic E-state index is 0.0335. The molecule has 7 atom stereocenters. The summed E-state index contributed by atoms with van der Waals surface area (Å²) in [5.74, 6) is -1.34. The predicted octanol–water partition coefficient (Wildman–Crippen LogP) is 4.05. The highest BCUT2D eigenvalue weighted by Crippen LogP contribution is 2.44. The third-order valence-electron chi connectivity index (χ3n) is 8.00. The number of amides is 1. The maximum absolute atomic E-state index is 13.2. The SMILES string of the molecule is [2H]c1sc(C)nc1/C=C(\C)[C@@H]1CC2O[C@@]2(C)CCC[C@@H](C)[C@@H](O)[C@@H](C)C(=O)C(C)(C)[C@@H](O)CC(=O)N1. The lowest BCUT2D eigenvalue weighted by molar-refractivity contribution is -0.143. The number of aromatic nitrogens is 1. The van der Waals surface area contributed by atoms with Crippen LogP contribution in [0.1, 0.15) is 85.7 Å². The molecular formula is C27H42N2O5S. The number of nitrogens with one attached hydrogen (secondary N) is 1. The van der Waals surface area contributed by atoms with Crippen molar-refractivity contribution in [2.45, 2.75) is 111 Å². The third kappa shape index (κ3) is 6.59. The Morgan fingerprint density at radius 1 is 1.31 bits per heavy atom. The number of thiazole rings is 1. The van der Waals surface area contributed by atoms with Crippen molar-refractivity contribution in [2.24, 2.45) is 17.3 Å². The van der Waals surface area contributed by atoms with E-state index in [4.69, 9.17) is 6.11 Å². The molecule has 35 heavy (non-hydrogen) atoms. The number of rotatable bonds is 2. The standard InChI is InChI=1S/C27H42N2O5S/c1-15-9-8-10-27(7)22(34-27)12-20(16(2)11-19-14-35-18(4)28-19)29-23(31)13-21(30)26(5,6)25(33)17(3)24(15)32/h11,14-15,17,20-22,24,30,32H,8-10,12-13H2,1-7H3,(H,29,31)/b16-11+/t15-,17-,20+,21+,22?,24-,27+/m1/s1/i14D. The van der Waals surface area contributed by atoms with E-state index in [9.17, 15) is 19.8 Å². The van der Waals surface area contributed by atoms with Crippen LogP contribution in [-0.2, 0) is 14.3 Å². The number of carbonyl (C=O) groups is 2. The molecule has 1 amide bonds. The second-order valence-electron chi connectivity index (χ2n) is 11.3. The number of carbonyl (C=O) groups excluding carboxylic acids is 2. The largest absolute Gasteiger partial charge is 0.392 e. The van der Waals surface area contributed by atoms with Crippen LogP contribution in [0.4, 0.5) is 0 Å². The molecule has 2 aliphatic heterocycles. The molecule has 0 spiro atoms. The van der Waals surface area contributed by atoms with Gasteiger partial charge in [-0.1, -0.05) is 34.1 Å². The van der Waals surface area contributed by atoms with Gasteiger partial charge in [-0.25, -0.2) is 4.98 Å². The summed E-state index contributed by atoms with van der Waals surface area (Å²) < 4.78 is 14.2. The molecule has 1 unspecified atom stereocenters. The van der Waals surface area contributed by atoms with E-state index in [1.54, 1.807) is 20.8 Å². The van der Waals surface area contributed by atoms with Gasteiger partial charge in [-0.05, 0) is 51.2 Å². The summed E-state index contributed by atoms with van der Waals surface area (Å²) >= 11 is 1.31. The molecule has 196 valence electrons. The molecule has 0 bridgehead atoms. The summed E-state index contributed by atoms with van der Waals surface area (Å²) in [7, 11) is 0. The Kier molecular flexibility index (Phi) is 8.15. The van der Waals surface area contributed by atoms with Gasteiger partial charge in [-0.2, -0.15) is 0 Å². The van der Waals surface area contributed by atoms with E-state index in [2.05, 4.69) is 17.2 Å². The number of aliphatic hydroxyl groups is 2. The molecule has 1 aromatic rings. The number of ketones is 1. The topological polar surface area (TPSA) is 112 Å². The van der Waals surface area contributed by atoms with Crippen LogP contribution in [-0.4, -0.2) is 56.8 Å². The highest BCUT2D eigenvalue weighted by Gasteiger charge is 2.52. The Morgan fingerprint density at radius 3 is 2.63 bits per heavy atom. The minimum atomic E-state index is -1.20. The second-order valence-corrected chi connectivity index (χ2v) is 12.3. The van der Waals surface area contributed by atoms with E-state index in [0.29, 0.717) is 17.5 Å². The van der Waals surface area contributed by atoms with E-state index in [1.807, 2.05) is 26.8 Å². The molecule has 3 N–H and O–H groups in total. The summed E-state index contributed by atoms with van der Waals surface area (Å²) in [5, 5.41) is 26.0. The molecule has 2 saturated heterocycles. The zero-order chi connectivity index (χ0) is 27.0. The molecule has 3 rings (SSSR count). The fraction of sp³-hybridized carbons (Fsp3) is 0.741. The van der Waals surface area contributed by atoms with E-state index in [1.165, 1.54) is 11.3 Å². The Morgan fingerprint density at radius 2 is 2.00 bits per heavy atom. The molecule has 8 heteroatoms. The van der Waals surface area contributed by atoms with Crippen LogP contribution >= 0.6 is 11.3 Å². The first-order valence-corrected chi connectivity index (χ1v) is 13.5. The molecule has 7 nitrogen and oxygen atoms in total. The summed E-state index contributed by atoms with van der Waals surface area (Å²) in [6.45, 7) is 12.8. The van der Waals surface area contributed by atoms with Gasteiger partial charge in [0.25, 0.3) is 0 Å². The smallest absolute Gasteiger partial charge is 0.223 e. The molecule has 2 fully saturated rings. The van der Waals surface area contributed by atoms with Gasteiger partial charge in [-0.15, -0.1) is 11.3 Å². The Balaban J connectivity index is 1.88. The Bertz CT molecular complexity index is 1010. The van der Waals surface area contributed by atoms with Crippen LogP contribution < -0.4 is 5.32 Å². The number of epoxide rings is 1. The third-order valence-corrected chi connectivity index (χ3v) is 8.70. The van der Waals surface area contributed by atoms with Crippen molar-refractivity contribution in [1.82, 2.24) is 10.3 Å². The fourth-order valence-electron chi connectivity index (χ4n) is 5.13. The number of fused-ring (bicyclic) bond motifs is 1. The predicted molar refractivity (Wildman–Crippen MR) is 138 cm³/mol. The van der Waals surface area contributed by atoms with Crippen LogP contribution in [0.25, 0.3) is 6.08 Å². The fourth-order valence-corrected chi connectivity index (χ4v) is 5.63. The van der Waals surface area contributed by atoms with Crippen molar-refractivity contribution < 1.29 is 25.9 Å². The highest BCUT2D eigenvalue weighted by atomic mass is 32.1. The first-order valence-electron chi connectivity index (χ1n) is 13.2. The molecule has 0 aromatic carbocycles. The first kappa shape index (κ1) is 26.5. The van der Waals surface area contributed by atoms with E-state index in [-0.39, 0.29) is 41.8 Å². The van der Waals surface area contributed by atoms with Gasteiger partial charge in [0.05, 0.1) is 53.9 Å². The molecule has 0 saturated carbocycles. The van der Waals surface area contributed by atoms with Crippen LogP contribution in [0.5, 0.6) is 0 Å². The van der Waals surface area contributed by atoms with E-state index < -0.39 is 23.5 Å². The summed E-state index contributed by atoms with van der Waals surface area (Å²) in [6, 6.07) is -0.357. The first-order chi connectivity index (χ1) is 16.7. The summed E-state index contributed by atoms with van der Waals surface area (Å²) in [5.41, 5.74) is -0.0580. The number of ether oxygens (including phenoxy) is 1.